The van der Waals surface area contributed by atoms with Gasteiger partial charge in [-0.1, -0.05) is 54.5 Å². The number of carbonyl (C=O) groups excluding carboxylic acids is 2. The van der Waals surface area contributed by atoms with Crippen molar-refractivity contribution < 1.29 is 18.7 Å². The second kappa shape index (κ2) is 8.58. The summed E-state index contributed by atoms with van der Waals surface area (Å²) in [5.74, 6) is 4.65. The first kappa shape index (κ1) is 19.3. The largest absolute Gasteiger partial charge is 0.449 e. The molecule has 1 aromatic heterocycles. The molecule has 0 unspecified atom stereocenters. The zero-order valence-corrected chi connectivity index (χ0v) is 15.9. The summed E-state index contributed by atoms with van der Waals surface area (Å²) in [6, 6.07) is 17.5. The van der Waals surface area contributed by atoms with Gasteiger partial charge in [0.05, 0.1) is 18.3 Å². The zero-order valence-electron chi connectivity index (χ0n) is 15.9. The summed E-state index contributed by atoms with van der Waals surface area (Å²) < 4.78 is 18.7. The fourth-order valence-corrected chi connectivity index (χ4v) is 3.51. The summed E-state index contributed by atoms with van der Waals surface area (Å²) in [5, 5.41) is 2.56. The second-order valence-corrected chi connectivity index (χ2v) is 6.69. The van der Waals surface area contributed by atoms with Crippen LogP contribution in [-0.2, 0) is 4.74 Å². The second-order valence-electron chi connectivity index (χ2n) is 6.69. The van der Waals surface area contributed by atoms with Gasteiger partial charge >= 0.3 is 6.09 Å². The van der Waals surface area contributed by atoms with Crippen molar-refractivity contribution in [2.24, 2.45) is 0 Å². The molecule has 148 valence electrons. The minimum atomic E-state index is -0.702. The Kier molecular flexibility index (Phi) is 5.53. The SMILES string of the molecule is O=Cc1cc(C#CCNC(=O)OCC2c3ccccc3-c3ccccc32)ncc1F. The van der Waals surface area contributed by atoms with Crippen molar-refractivity contribution in [2.45, 2.75) is 5.92 Å². The number of fused-ring (bicyclic) bond motifs is 3. The van der Waals surface area contributed by atoms with Gasteiger partial charge in [0.15, 0.2) is 12.1 Å². The van der Waals surface area contributed by atoms with Crippen molar-refractivity contribution in [2.75, 3.05) is 13.2 Å². The number of alkyl carbamates (subject to hydrolysis) is 1. The standard InChI is InChI=1S/C24H17FN2O3/c25-23-13-27-17(12-16(23)14-28)6-5-11-26-24(29)30-15-22-20-9-3-1-7-18(20)19-8-2-4-10-21(19)22/h1-4,7-10,12-14,22H,11,15H2,(H,26,29). The molecule has 4 rings (SSSR count). The minimum absolute atomic E-state index is 0.0144. The molecule has 0 spiro atoms. The predicted octanol–water partition coefficient (Wildman–Crippen LogP) is 3.92. The predicted molar refractivity (Wildman–Crippen MR) is 110 cm³/mol. The molecule has 0 saturated carbocycles. The van der Waals surface area contributed by atoms with Gasteiger partial charge in [-0.15, -0.1) is 0 Å². The lowest BCUT2D eigenvalue weighted by atomic mass is 9.98. The monoisotopic (exact) mass is 400 g/mol. The number of ether oxygens (including phenoxy) is 1. The molecule has 0 fully saturated rings. The van der Waals surface area contributed by atoms with Crippen LogP contribution in [0.4, 0.5) is 9.18 Å². The Hall–Kier alpha value is -3.98. The number of rotatable bonds is 4. The number of halogens is 1. The lowest BCUT2D eigenvalue weighted by molar-refractivity contribution is 0.111. The van der Waals surface area contributed by atoms with E-state index >= 15 is 0 Å². The fourth-order valence-electron chi connectivity index (χ4n) is 3.51. The molecule has 3 aromatic rings. The van der Waals surface area contributed by atoms with E-state index < -0.39 is 11.9 Å². The molecule has 30 heavy (non-hydrogen) atoms. The number of nitrogens with zero attached hydrogens (tertiary/aromatic N) is 1. The van der Waals surface area contributed by atoms with Crippen LogP contribution in [0.25, 0.3) is 11.1 Å². The first-order valence-electron chi connectivity index (χ1n) is 9.36. The highest BCUT2D eigenvalue weighted by Gasteiger charge is 2.28. The molecule has 2 aromatic carbocycles. The molecule has 6 heteroatoms. The van der Waals surface area contributed by atoms with Crippen LogP contribution in [0, 0.1) is 17.7 Å². The van der Waals surface area contributed by atoms with E-state index in [9.17, 15) is 14.0 Å². The van der Waals surface area contributed by atoms with Crippen LogP contribution < -0.4 is 5.32 Å². The van der Waals surface area contributed by atoms with E-state index in [4.69, 9.17) is 4.74 Å². The van der Waals surface area contributed by atoms with E-state index in [1.807, 2.05) is 24.3 Å². The molecular formula is C24H17FN2O3. The van der Waals surface area contributed by atoms with Crippen molar-refractivity contribution in [3.05, 3.63) is 89.0 Å². The van der Waals surface area contributed by atoms with Crippen LogP contribution >= 0.6 is 0 Å². The zero-order chi connectivity index (χ0) is 20.9. The third-order valence-electron chi connectivity index (χ3n) is 4.89. The number of hydrogen-bond acceptors (Lipinski definition) is 4. The minimum Gasteiger partial charge on any atom is -0.449 e. The molecule has 0 atom stereocenters. The highest BCUT2D eigenvalue weighted by Crippen LogP contribution is 2.44. The molecule has 1 heterocycles. The molecule has 0 saturated heterocycles. The molecule has 0 radical (unpaired) electrons. The van der Waals surface area contributed by atoms with Gasteiger partial charge in [-0.2, -0.15) is 0 Å². The molecule has 0 aliphatic heterocycles. The summed E-state index contributed by atoms with van der Waals surface area (Å²) >= 11 is 0. The quantitative estimate of drug-likeness (QED) is 0.532. The van der Waals surface area contributed by atoms with E-state index in [0.717, 1.165) is 28.5 Å². The number of aromatic nitrogens is 1. The van der Waals surface area contributed by atoms with Gasteiger partial charge < -0.3 is 10.1 Å². The highest BCUT2D eigenvalue weighted by molar-refractivity contribution is 5.79. The molecule has 1 aliphatic carbocycles. The Morgan fingerprint density at radius 3 is 2.47 bits per heavy atom. The van der Waals surface area contributed by atoms with Gasteiger partial charge in [-0.25, -0.2) is 14.2 Å². The number of nitrogens with one attached hydrogen (secondary N) is 1. The third-order valence-corrected chi connectivity index (χ3v) is 4.89. The molecule has 5 nitrogen and oxygen atoms in total. The highest BCUT2D eigenvalue weighted by atomic mass is 19.1. The summed E-state index contributed by atoms with van der Waals surface area (Å²) in [6.45, 7) is 0.252. The Labute approximate surface area is 172 Å². The molecular weight excluding hydrogens is 383 g/mol. The Bertz CT molecular complexity index is 1130. The average Bonchev–Trinajstić information content (AvgIpc) is 3.10. The first-order valence-corrected chi connectivity index (χ1v) is 9.36. The first-order chi connectivity index (χ1) is 14.7. The summed E-state index contributed by atoms with van der Waals surface area (Å²) in [6.07, 6.45) is 0.760. The molecule has 1 aliphatic rings. The van der Waals surface area contributed by atoms with E-state index in [-0.39, 0.29) is 30.3 Å². The van der Waals surface area contributed by atoms with Crippen molar-refractivity contribution in [3.8, 4) is 23.0 Å². The Balaban J connectivity index is 1.35. The maximum Gasteiger partial charge on any atom is 0.407 e. The summed E-state index contributed by atoms with van der Waals surface area (Å²) in [4.78, 5) is 26.6. The lowest BCUT2D eigenvalue weighted by Gasteiger charge is -2.14. The number of benzene rings is 2. The van der Waals surface area contributed by atoms with Crippen LogP contribution in [0.15, 0.2) is 60.8 Å². The number of amides is 1. The van der Waals surface area contributed by atoms with Crippen LogP contribution in [0.1, 0.15) is 33.1 Å². The summed E-state index contributed by atoms with van der Waals surface area (Å²) in [7, 11) is 0. The number of aldehydes is 1. The Morgan fingerprint density at radius 2 is 1.80 bits per heavy atom. The van der Waals surface area contributed by atoms with Gasteiger partial charge in [-0.3, -0.25) is 4.79 Å². The van der Waals surface area contributed by atoms with Gasteiger partial charge in [0.1, 0.15) is 12.3 Å². The van der Waals surface area contributed by atoms with Crippen molar-refractivity contribution in [1.82, 2.24) is 10.3 Å². The maximum absolute atomic E-state index is 13.2. The average molecular weight is 400 g/mol. The van der Waals surface area contributed by atoms with Crippen molar-refractivity contribution >= 4 is 12.4 Å². The number of pyridine rings is 1. The maximum atomic E-state index is 13.2. The smallest absolute Gasteiger partial charge is 0.407 e. The van der Waals surface area contributed by atoms with Crippen LogP contribution in [-0.4, -0.2) is 30.5 Å². The van der Waals surface area contributed by atoms with E-state index in [0.29, 0.717) is 6.29 Å². The van der Waals surface area contributed by atoms with E-state index in [1.54, 1.807) is 0 Å². The molecule has 0 bridgehead atoms. The number of hydrogen-bond donors (Lipinski definition) is 1. The third kappa shape index (κ3) is 3.91. The summed E-state index contributed by atoms with van der Waals surface area (Å²) in [5.41, 5.74) is 4.73. The van der Waals surface area contributed by atoms with Gasteiger partial charge in [0, 0.05) is 5.92 Å². The molecule has 1 amide bonds. The molecule has 1 N–H and O–H groups in total. The van der Waals surface area contributed by atoms with E-state index in [1.165, 1.54) is 6.07 Å². The van der Waals surface area contributed by atoms with Gasteiger partial charge in [0.25, 0.3) is 0 Å². The van der Waals surface area contributed by atoms with Gasteiger partial charge in [-0.05, 0) is 34.2 Å². The Morgan fingerprint density at radius 1 is 1.13 bits per heavy atom. The fraction of sp³-hybridized carbons (Fsp3) is 0.125. The van der Waals surface area contributed by atoms with Crippen molar-refractivity contribution in [1.29, 1.82) is 0 Å². The van der Waals surface area contributed by atoms with E-state index in [2.05, 4.69) is 46.4 Å². The topological polar surface area (TPSA) is 68.3 Å². The van der Waals surface area contributed by atoms with Crippen molar-refractivity contribution in [3.63, 3.8) is 0 Å². The lowest BCUT2D eigenvalue weighted by Crippen LogP contribution is -2.26. The van der Waals surface area contributed by atoms with Crippen LogP contribution in [0.5, 0.6) is 0 Å². The number of carbonyl (C=O) groups is 2. The van der Waals surface area contributed by atoms with Crippen LogP contribution in [0.2, 0.25) is 0 Å². The van der Waals surface area contributed by atoms with Gasteiger partial charge in [0.2, 0.25) is 0 Å². The van der Waals surface area contributed by atoms with Crippen LogP contribution in [0.3, 0.4) is 0 Å². The normalized spacial score (nSPS) is 11.6.